The first-order valence-corrected chi connectivity index (χ1v) is 13.3. The molecule has 0 aliphatic heterocycles. The molecule has 5 aliphatic carbocycles. The van der Waals surface area contributed by atoms with E-state index in [-0.39, 0.29) is 34.4 Å². The van der Waals surface area contributed by atoms with E-state index in [0.717, 1.165) is 18.8 Å². The van der Waals surface area contributed by atoms with Crippen molar-refractivity contribution in [2.45, 2.75) is 105 Å². The van der Waals surface area contributed by atoms with Crippen LogP contribution >= 0.6 is 0 Å². The van der Waals surface area contributed by atoms with Crippen molar-refractivity contribution < 1.29 is 19.5 Å². The summed E-state index contributed by atoms with van der Waals surface area (Å²) in [7, 11) is 0. The summed E-state index contributed by atoms with van der Waals surface area (Å²) in [4.78, 5) is 30.1. The molecule has 0 amide bonds. The van der Waals surface area contributed by atoms with Crippen LogP contribution in [-0.2, 0) is 14.4 Å². The highest BCUT2D eigenvalue weighted by molar-refractivity contribution is 5.95. The lowest BCUT2D eigenvalue weighted by Crippen LogP contribution is -2.62. The molecule has 0 spiro atoms. The monoisotopic (exact) mass is 456 g/mol. The summed E-state index contributed by atoms with van der Waals surface area (Å²) in [5.74, 6) is 2.93. The topological polar surface area (TPSA) is 71.4 Å². The van der Waals surface area contributed by atoms with E-state index in [1.165, 1.54) is 44.9 Å². The molecule has 4 fully saturated rings. The van der Waals surface area contributed by atoms with Gasteiger partial charge < -0.3 is 5.11 Å². The number of aliphatic hydroxyl groups excluding tert-OH is 1. The SMILES string of the molecule is C[C@@H]1CC[C@]2(C)CC[C@]3(C)C(=CC(=O)[C@H]4C3CC[C@H]3C(C)(C)[C@@H](O)CC[C@]43C)[C@@H]2C1.O=C=O. The van der Waals surface area contributed by atoms with Crippen molar-refractivity contribution in [3.05, 3.63) is 11.6 Å². The van der Waals surface area contributed by atoms with Crippen LogP contribution in [0.15, 0.2) is 11.6 Å². The third-order valence-corrected chi connectivity index (χ3v) is 11.7. The summed E-state index contributed by atoms with van der Waals surface area (Å²) >= 11 is 0. The van der Waals surface area contributed by atoms with Crippen LogP contribution in [0.3, 0.4) is 0 Å². The van der Waals surface area contributed by atoms with Crippen LogP contribution in [0, 0.1) is 51.2 Å². The maximum absolute atomic E-state index is 13.9. The number of allylic oxidation sites excluding steroid dienone is 2. The van der Waals surface area contributed by atoms with E-state index in [4.69, 9.17) is 9.59 Å². The predicted octanol–water partition coefficient (Wildman–Crippen LogP) is 5.98. The molecular formula is C29H44O4. The number of fused-ring (bicyclic) bond motifs is 7. The minimum Gasteiger partial charge on any atom is -0.393 e. The minimum atomic E-state index is -0.230. The molecule has 5 aliphatic rings. The second-order valence-corrected chi connectivity index (χ2v) is 13.7. The maximum Gasteiger partial charge on any atom is 0.373 e. The summed E-state index contributed by atoms with van der Waals surface area (Å²) in [6.07, 6.45) is 13.0. The number of aliphatic hydroxyl groups is 1. The summed E-state index contributed by atoms with van der Waals surface area (Å²) in [5.41, 5.74) is 2.10. The minimum absolute atomic E-state index is 0.0361. The molecule has 4 saturated carbocycles. The summed E-state index contributed by atoms with van der Waals surface area (Å²) < 4.78 is 0. The van der Waals surface area contributed by atoms with Crippen LogP contribution in [0.4, 0.5) is 0 Å². The first-order chi connectivity index (χ1) is 15.3. The van der Waals surface area contributed by atoms with Gasteiger partial charge in [0.15, 0.2) is 5.78 Å². The zero-order valence-electron chi connectivity index (χ0n) is 21.6. The van der Waals surface area contributed by atoms with E-state index >= 15 is 0 Å². The van der Waals surface area contributed by atoms with Crippen LogP contribution in [0.25, 0.3) is 0 Å². The number of rotatable bonds is 0. The van der Waals surface area contributed by atoms with Crippen LogP contribution in [0.2, 0.25) is 0 Å². The van der Waals surface area contributed by atoms with Crippen LogP contribution in [0.1, 0.15) is 99.3 Å². The number of hydrogen-bond donors (Lipinski definition) is 1. The molecule has 0 aromatic carbocycles. The Morgan fingerprint density at radius 2 is 1.61 bits per heavy atom. The highest BCUT2D eigenvalue weighted by Gasteiger charge is 2.65. The molecule has 1 unspecified atom stereocenters. The van der Waals surface area contributed by atoms with Gasteiger partial charge in [-0.15, -0.1) is 0 Å². The number of ketones is 1. The van der Waals surface area contributed by atoms with E-state index in [1.807, 2.05) is 0 Å². The van der Waals surface area contributed by atoms with E-state index < -0.39 is 0 Å². The summed E-state index contributed by atoms with van der Waals surface area (Å²) in [6.45, 7) is 14.4. The molecule has 184 valence electrons. The van der Waals surface area contributed by atoms with Crippen molar-refractivity contribution in [3.63, 3.8) is 0 Å². The van der Waals surface area contributed by atoms with Gasteiger partial charge in [0.05, 0.1) is 6.10 Å². The van der Waals surface area contributed by atoms with E-state index in [1.54, 1.807) is 5.57 Å². The van der Waals surface area contributed by atoms with Crippen LogP contribution in [0.5, 0.6) is 0 Å². The smallest absolute Gasteiger partial charge is 0.373 e. The fraction of sp³-hybridized carbons (Fsp3) is 0.862. The van der Waals surface area contributed by atoms with E-state index in [9.17, 15) is 9.90 Å². The first-order valence-electron chi connectivity index (χ1n) is 13.3. The summed E-state index contributed by atoms with van der Waals surface area (Å²) in [6, 6.07) is 0. The van der Waals surface area contributed by atoms with Crippen molar-refractivity contribution in [1.29, 1.82) is 0 Å². The maximum atomic E-state index is 13.9. The Bertz CT molecular complexity index is 867. The molecule has 0 heterocycles. The summed E-state index contributed by atoms with van der Waals surface area (Å²) in [5, 5.41) is 10.8. The van der Waals surface area contributed by atoms with Gasteiger partial charge in [-0.25, -0.2) is 0 Å². The van der Waals surface area contributed by atoms with Crippen LogP contribution in [-0.4, -0.2) is 23.1 Å². The Balaban J connectivity index is 0.000000821. The Morgan fingerprint density at radius 3 is 2.27 bits per heavy atom. The Labute approximate surface area is 200 Å². The molecule has 4 nitrogen and oxygen atoms in total. The number of carbonyl (C=O) groups excluding carboxylic acids is 3. The Hall–Kier alpha value is -1.25. The second-order valence-electron chi connectivity index (χ2n) is 13.7. The quantitative estimate of drug-likeness (QED) is 0.486. The lowest BCUT2D eigenvalue weighted by molar-refractivity contribution is -0.191. The van der Waals surface area contributed by atoms with Gasteiger partial charge in [-0.05, 0) is 103 Å². The predicted molar refractivity (Wildman–Crippen MR) is 127 cm³/mol. The van der Waals surface area contributed by atoms with Gasteiger partial charge in [-0.1, -0.05) is 53.5 Å². The molecule has 0 saturated heterocycles. The molecule has 0 radical (unpaired) electrons. The molecular weight excluding hydrogens is 412 g/mol. The molecule has 0 aromatic rings. The van der Waals surface area contributed by atoms with Gasteiger partial charge in [0.1, 0.15) is 0 Å². The van der Waals surface area contributed by atoms with Gasteiger partial charge in [-0.2, -0.15) is 9.59 Å². The van der Waals surface area contributed by atoms with Crippen LogP contribution < -0.4 is 0 Å². The van der Waals surface area contributed by atoms with E-state index in [2.05, 4.69) is 47.6 Å². The molecule has 4 heteroatoms. The first kappa shape index (κ1) is 24.9. The third-order valence-electron chi connectivity index (χ3n) is 11.7. The van der Waals surface area contributed by atoms with Gasteiger partial charge in [0, 0.05) is 5.92 Å². The molecule has 0 bridgehead atoms. The van der Waals surface area contributed by atoms with Crippen molar-refractivity contribution in [2.75, 3.05) is 0 Å². The molecule has 5 rings (SSSR count). The standard InChI is InChI=1S/C28H44O2.CO2/c1-17-9-11-26(4)13-14-27(5)18-7-8-22-25(2,3)23(30)10-12-28(22,6)24(18)21(29)16-20(27)19(26)15-17;2-1-3/h16-19,22-24,30H,7-15H2,1-6H3;/t17-,18?,19+,22+,23+,24-,26-,27+,28+;/m1./s1. The van der Waals surface area contributed by atoms with Crippen molar-refractivity contribution >= 4 is 11.9 Å². The van der Waals surface area contributed by atoms with Gasteiger partial charge >= 0.3 is 6.15 Å². The zero-order chi connectivity index (χ0) is 24.4. The van der Waals surface area contributed by atoms with Gasteiger partial charge in [0.25, 0.3) is 0 Å². The largest absolute Gasteiger partial charge is 0.393 e. The lowest BCUT2D eigenvalue weighted by Gasteiger charge is -2.66. The van der Waals surface area contributed by atoms with Crippen molar-refractivity contribution in [2.24, 2.45) is 51.2 Å². The van der Waals surface area contributed by atoms with E-state index in [0.29, 0.717) is 29.0 Å². The Morgan fingerprint density at radius 1 is 0.939 bits per heavy atom. The molecule has 33 heavy (non-hydrogen) atoms. The average molecular weight is 457 g/mol. The average Bonchev–Trinajstić information content (AvgIpc) is 2.74. The fourth-order valence-corrected chi connectivity index (χ4v) is 9.68. The number of carbonyl (C=O) groups is 1. The normalized spacial score (nSPS) is 50.2. The molecule has 0 aromatic heterocycles. The second kappa shape index (κ2) is 8.16. The number of hydrogen-bond acceptors (Lipinski definition) is 4. The molecule has 1 N–H and O–H groups in total. The lowest BCUT2D eigenvalue weighted by atomic mass is 9.38. The fourth-order valence-electron chi connectivity index (χ4n) is 9.68. The molecule has 9 atom stereocenters. The Kier molecular flexibility index (Phi) is 6.15. The highest BCUT2D eigenvalue weighted by Crippen LogP contribution is 2.70. The zero-order valence-corrected chi connectivity index (χ0v) is 21.6. The van der Waals surface area contributed by atoms with Crippen molar-refractivity contribution in [1.82, 2.24) is 0 Å². The van der Waals surface area contributed by atoms with Gasteiger partial charge in [0.2, 0.25) is 0 Å². The van der Waals surface area contributed by atoms with Crippen molar-refractivity contribution in [3.8, 4) is 0 Å². The highest BCUT2D eigenvalue weighted by atomic mass is 16.3. The third kappa shape index (κ3) is 3.54. The van der Waals surface area contributed by atoms with Gasteiger partial charge in [-0.3, -0.25) is 4.79 Å².